The predicted molar refractivity (Wildman–Crippen MR) is 153 cm³/mol. The van der Waals surface area contributed by atoms with E-state index in [1.807, 2.05) is 59.9 Å². The highest BCUT2D eigenvalue weighted by molar-refractivity contribution is 5.90. The molecule has 0 atom stereocenters. The van der Waals surface area contributed by atoms with Crippen LogP contribution < -0.4 is 16.1 Å². The van der Waals surface area contributed by atoms with Crippen LogP contribution in [-0.4, -0.2) is 93.9 Å². The number of hydrazine groups is 1. The first-order valence-corrected chi connectivity index (χ1v) is 13.6. The Kier molecular flexibility index (Phi) is 8.60. The van der Waals surface area contributed by atoms with E-state index in [1.165, 1.54) is 0 Å². The van der Waals surface area contributed by atoms with Crippen LogP contribution in [0, 0.1) is 0 Å². The summed E-state index contributed by atoms with van der Waals surface area (Å²) >= 11 is 0. The van der Waals surface area contributed by atoms with Gasteiger partial charge in [0.25, 0.3) is 0 Å². The topological polar surface area (TPSA) is 115 Å². The smallest absolute Gasteiger partial charge is 0.410 e. The predicted octanol–water partition coefficient (Wildman–Crippen LogP) is 3.65. The second-order valence-corrected chi connectivity index (χ2v) is 12.1. The third kappa shape index (κ3) is 8.52. The molecule has 2 aromatic heterocycles. The lowest BCUT2D eigenvalue weighted by Gasteiger charge is -2.35. The summed E-state index contributed by atoms with van der Waals surface area (Å²) < 4.78 is 5.49. The highest BCUT2D eigenvalue weighted by Gasteiger charge is 2.26. The van der Waals surface area contributed by atoms with Crippen molar-refractivity contribution in [3.8, 4) is 0 Å². The highest BCUT2D eigenvalue weighted by Crippen LogP contribution is 2.22. The van der Waals surface area contributed by atoms with Crippen LogP contribution in [0.5, 0.6) is 0 Å². The maximum atomic E-state index is 12.3. The molecule has 0 radical (unpaired) electrons. The Labute approximate surface area is 230 Å². The van der Waals surface area contributed by atoms with E-state index in [0.717, 1.165) is 54.8 Å². The van der Waals surface area contributed by atoms with Crippen LogP contribution in [0.2, 0.25) is 0 Å². The molecule has 3 N–H and O–H groups in total. The fraction of sp³-hybridized carbons (Fsp3) is 0.571. The van der Waals surface area contributed by atoms with Gasteiger partial charge in [-0.2, -0.15) is 0 Å². The molecule has 0 spiro atoms. The Morgan fingerprint density at radius 3 is 2.46 bits per heavy atom. The Morgan fingerprint density at radius 2 is 1.77 bits per heavy atom. The average molecular weight is 539 g/mol. The zero-order chi connectivity index (χ0) is 28.2. The maximum absolute atomic E-state index is 12.3. The van der Waals surface area contributed by atoms with Crippen molar-refractivity contribution in [3.05, 3.63) is 36.2 Å². The minimum Gasteiger partial charge on any atom is -0.444 e. The molecule has 2 aromatic rings. The Morgan fingerprint density at radius 1 is 1.03 bits per heavy atom. The second kappa shape index (κ2) is 11.7. The molecule has 11 heteroatoms. The number of ether oxygens (including phenoxy) is 1. The molecular weight excluding hydrogens is 496 g/mol. The van der Waals surface area contributed by atoms with Crippen molar-refractivity contribution >= 4 is 34.5 Å². The van der Waals surface area contributed by atoms with Crippen molar-refractivity contribution < 1.29 is 14.3 Å². The van der Waals surface area contributed by atoms with Gasteiger partial charge < -0.3 is 20.0 Å². The number of pyridine rings is 2. The number of hydrogen-bond acceptors (Lipinski definition) is 8. The van der Waals surface area contributed by atoms with E-state index in [4.69, 9.17) is 4.74 Å². The molecule has 1 saturated heterocycles. The van der Waals surface area contributed by atoms with Crippen molar-refractivity contribution in [2.45, 2.75) is 59.1 Å². The van der Waals surface area contributed by atoms with Gasteiger partial charge in [0.2, 0.25) is 0 Å². The fourth-order valence-corrected chi connectivity index (χ4v) is 4.47. The number of hydrogen-bond donors (Lipinski definition) is 3. The van der Waals surface area contributed by atoms with E-state index in [0.29, 0.717) is 25.5 Å². The zero-order valence-electron chi connectivity index (χ0n) is 24.0. The van der Waals surface area contributed by atoms with Crippen LogP contribution in [0.1, 0.15) is 53.5 Å². The fourth-order valence-electron chi connectivity index (χ4n) is 4.47. The van der Waals surface area contributed by atoms with Crippen molar-refractivity contribution in [1.82, 2.24) is 35.5 Å². The zero-order valence-corrected chi connectivity index (χ0v) is 24.0. The van der Waals surface area contributed by atoms with Crippen LogP contribution in [-0.2, 0) is 4.74 Å². The third-order valence-corrected chi connectivity index (χ3v) is 6.32. The summed E-state index contributed by atoms with van der Waals surface area (Å²) in [7, 11) is 0. The molecule has 0 bridgehead atoms. The molecule has 1 fully saturated rings. The summed E-state index contributed by atoms with van der Waals surface area (Å²) in [4.78, 5) is 37.9. The monoisotopic (exact) mass is 538 g/mol. The normalized spacial score (nSPS) is 16.8. The number of aromatic nitrogens is 2. The summed E-state index contributed by atoms with van der Waals surface area (Å²) in [6, 6.07) is 5.34. The largest absolute Gasteiger partial charge is 0.444 e. The van der Waals surface area contributed by atoms with Crippen LogP contribution in [0.15, 0.2) is 30.6 Å². The molecule has 0 aliphatic carbocycles. The number of carbonyl (C=O) groups is 2. The van der Waals surface area contributed by atoms with E-state index in [2.05, 4.69) is 42.1 Å². The summed E-state index contributed by atoms with van der Waals surface area (Å²) in [5.41, 5.74) is 6.28. The number of carbonyl (C=O) groups excluding carboxylic acids is 2. The van der Waals surface area contributed by atoms with Gasteiger partial charge in [-0.3, -0.25) is 15.2 Å². The van der Waals surface area contributed by atoms with Crippen LogP contribution in [0.25, 0.3) is 16.6 Å². The van der Waals surface area contributed by atoms with E-state index in [-0.39, 0.29) is 17.7 Å². The lowest BCUT2D eigenvalue weighted by molar-refractivity contribution is 0.0143. The molecule has 0 aromatic carbocycles. The summed E-state index contributed by atoms with van der Waals surface area (Å²) in [6.07, 6.45) is 4.78. The van der Waals surface area contributed by atoms with E-state index < -0.39 is 5.60 Å². The summed E-state index contributed by atoms with van der Waals surface area (Å²) in [5, 5.41) is 7.80. The van der Waals surface area contributed by atoms with Gasteiger partial charge >= 0.3 is 12.1 Å². The first kappa shape index (κ1) is 28.6. The van der Waals surface area contributed by atoms with Crippen LogP contribution in [0.4, 0.5) is 15.4 Å². The van der Waals surface area contributed by atoms with Gasteiger partial charge in [-0.05, 0) is 71.7 Å². The second-order valence-electron chi connectivity index (χ2n) is 12.1. The molecule has 39 heavy (non-hydrogen) atoms. The number of piperazine rings is 1. The minimum atomic E-state index is -0.465. The average Bonchev–Trinajstić information content (AvgIpc) is 3.31. The van der Waals surface area contributed by atoms with Crippen molar-refractivity contribution in [2.75, 3.05) is 51.1 Å². The van der Waals surface area contributed by atoms with Crippen molar-refractivity contribution in [2.24, 2.45) is 0 Å². The summed E-state index contributed by atoms with van der Waals surface area (Å²) in [6.45, 7) is 17.2. The number of nitrogens with one attached hydrogen (secondary N) is 3. The van der Waals surface area contributed by atoms with Crippen LogP contribution >= 0.6 is 0 Å². The number of amides is 3. The molecule has 2 aliphatic heterocycles. The molecule has 0 saturated carbocycles. The van der Waals surface area contributed by atoms with Crippen molar-refractivity contribution in [1.29, 1.82) is 0 Å². The third-order valence-electron chi connectivity index (χ3n) is 6.32. The van der Waals surface area contributed by atoms with Crippen molar-refractivity contribution in [3.63, 3.8) is 0 Å². The first-order valence-electron chi connectivity index (χ1n) is 13.6. The van der Waals surface area contributed by atoms with E-state index >= 15 is 0 Å². The van der Waals surface area contributed by atoms with Gasteiger partial charge in [-0.25, -0.2) is 20.0 Å². The Balaban J connectivity index is 1.26. The highest BCUT2D eigenvalue weighted by atomic mass is 16.6. The molecule has 4 heterocycles. The van der Waals surface area contributed by atoms with Gasteiger partial charge in [-0.1, -0.05) is 0 Å². The van der Waals surface area contributed by atoms with Gasteiger partial charge in [0, 0.05) is 69.3 Å². The van der Waals surface area contributed by atoms with E-state index in [9.17, 15) is 9.59 Å². The Bertz CT molecular complexity index is 1210. The van der Waals surface area contributed by atoms with Crippen LogP contribution in [0.3, 0.4) is 0 Å². The molecule has 2 aliphatic rings. The SMILES string of the molecule is CC(C)(C)NC(=O)Nc1ccc2ncc(C3=CN(CCCN4CCN(C(=O)OC(C)(C)C)CC4)NC3)cc2n1. The minimum absolute atomic E-state index is 0.224. The molecule has 3 amide bonds. The number of anilines is 1. The van der Waals surface area contributed by atoms with Gasteiger partial charge in [0.15, 0.2) is 0 Å². The number of urea groups is 1. The number of nitrogens with zero attached hydrogens (tertiary/aromatic N) is 5. The molecule has 11 nitrogen and oxygen atoms in total. The first-order chi connectivity index (χ1) is 18.3. The molecule has 0 unspecified atom stereocenters. The molecule has 4 rings (SSSR count). The van der Waals surface area contributed by atoms with Gasteiger partial charge in [0.05, 0.1) is 11.0 Å². The maximum Gasteiger partial charge on any atom is 0.410 e. The summed E-state index contributed by atoms with van der Waals surface area (Å²) in [5.74, 6) is 0.482. The standard InChI is InChI=1S/C28H42N8O3/c1-27(2,3)33-25(37)32-24-9-8-22-23(31-24)16-20(17-29-22)21-18-30-36(19-21)11-7-10-34-12-14-35(15-13-34)26(38)39-28(4,5)6/h8-9,16-17,19,30H,7,10-15,18H2,1-6H3,(H2,31,32,33,37). The number of rotatable bonds is 6. The number of fused-ring (bicyclic) bond motifs is 1. The van der Waals surface area contributed by atoms with E-state index in [1.54, 1.807) is 11.0 Å². The lowest BCUT2D eigenvalue weighted by Crippen LogP contribution is -2.50. The lowest BCUT2D eigenvalue weighted by atomic mass is 10.1. The van der Waals surface area contributed by atoms with Gasteiger partial charge in [0.1, 0.15) is 11.4 Å². The quantitative estimate of drug-likeness (QED) is 0.511. The Hall–Kier alpha value is -3.44. The molecule has 212 valence electrons. The van der Waals surface area contributed by atoms with Gasteiger partial charge in [-0.15, -0.1) is 0 Å². The molecular formula is C28H42N8O3.